The topological polar surface area (TPSA) is 160 Å². The molecule has 2 aliphatic rings. The summed E-state index contributed by atoms with van der Waals surface area (Å²) in [5.41, 5.74) is -1.30. The van der Waals surface area contributed by atoms with Crippen molar-refractivity contribution in [3.63, 3.8) is 0 Å². The van der Waals surface area contributed by atoms with Crippen LogP contribution < -0.4 is 19.0 Å². The highest BCUT2D eigenvalue weighted by Crippen LogP contribution is 2.59. The highest BCUT2D eigenvalue weighted by atomic mass is 35.5. The molecule has 3 heterocycles. The van der Waals surface area contributed by atoms with Gasteiger partial charge >= 0.3 is 23.9 Å². The maximum absolute atomic E-state index is 13.3. The summed E-state index contributed by atoms with van der Waals surface area (Å²) >= 11 is 13.0. The van der Waals surface area contributed by atoms with Gasteiger partial charge in [-0.1, -0.05) is 23.2 Å². The smallest absolute Gasteiger partial charge is 0.363 e. The molecule has 0 fully saturated rings. The first-order chi connectivity index (χ1) is 20.4. The number of hydrogen-bond donors (Lipinski definition) is 2. The fourth-order valence-corrected chi connectivity index (χ4v) is 5.34. The number of carbonyl (C=O) groups is 4. The monoisotopic (exact) mass is 625 g/mol. The molecule has 14 heteroatoms. The van der Waals surface area contributed by atoms with E-state index in [1.165, 1.54) is 56.3 Å². The van der Waals surface area contributed by atoms with Gasteiger partial charge in [-0.15, -0.1) is 4.73 Å². The zero-order valence-corrected chi connectivity index (χ0v) is 23.5. The third-order valence-corrected chi connectivity index (χ3v) is 7.22. The Labute approximate surface area is 251 Å². The summed E-state index contributed by atoms with van der Waals surface area (Å²) in [6.45, 7) is 2.37. The minimum atomic E-state index is -1.82. The summed E-state index contributed by atoms with van der Waals surface area (Å²) in [6.07, 6.45) is 0. The minimum Gasteiger partial charge on any atom is -0.492 e. The number of fused-ring (bicyclic) bond motifs is 6. The van der Waals surface area contributed by atoms with Crippen LogP contribution in [0.4, 0.5) is 0 Å². The Kier molecular flexibility index (Phi) is 6.48. The number of aromatic hydroxyl groups is 2. The van der Waals surface area contributed by atoms with E-state index in [-0.39, 0.29) is 60.9 Å². The van der Waals surface area contributed by atoms with E-state index in [9.17, 15) is 29.4 Å². The molecular formula is C29H17Cl2NO11. The highest BCUT2D eigenvalue weighted by Gasteiger charge is 2.54. The number of rotatable bonds is 4. The van der Waals surface area contributed by atoms with Crippen molar-refractivity contribution < 1.29 is 53.2 Å². The van der Waals surface area contributed by atoms with Crippen LogP contribution in [0, 0.1) is 0 Å². The van der Waals surface area contributed by atoms with Gasteiger partial charge in [0.15, 0.2) is 17.1 Å². The first kappa shape index (κ1) is 27.9. The molecule has 218 valence electrons. The van der Waals surface area contributed by atoms with Crippen molar-refractivity contribution in [3.05, 3.63) is 92.5 Å². The lowest BCUT2D eigenvalue weighted by atomic mass is 9.77. The van der Waals surface area contributed by atoms with Gasteiger partial charge in [-0.3, -0.25) is 9.59 Å². The van der Waals surface area contributed by atoms with Gasteiger partial charge in [-0.05, 0) is 30.3 Å². The van der Waals surface area contributed by atoms with E-state index >= 15 is 0 Å². The van der Waals surface area contributed by atoms with Gasteiger partial charge in [0, 0.05) is 54.8 Å². The van der Waals surface area contributed by atoms with Gasteiger partial charge in [0.2, 0.25) is 11.8 Å². The number of carbonyl (C=O) groups excluding carboxylic acids is 4. The fraction of sp³-hybridized carbons (Fsp3) is 0.103. The van der Waals surface area contributed by atoms with Crippen LogP contribution in [0.1, 0.15) is 51.3 Å². The molecule has 4 aromatic rings. The lowest BCUT2D eigenvalue weighted by Gasteiger charge is -2.37. The molecule has 0 aliphatic carbocycles. The van der Waals surface area contributed by atoms with Crippen molar-refractivity contribution in [1.82, 2.24) is 4.73 Å². The number of hydrogen-bond acceptors (Lipinski definition) is 11. The van der Waals surface area contributed by atoms with Crippen molar-refractivity contribution >= 4 is 47.1 Å². The summed E-state index contributed by atoms with van der Waals surface area (Å²) in [5.74, 6) is -4.14. The molecule has 0 saturated carbocycles. The Bertz CT molecular complexity index is 1820. The molecule has 43 heavy (non-hydrogen) atoms. The van der Waals surface area contributed by atoms with Crippen LogP contribution in [-0.2, 0) is 19.9 Å². The second kappa shape index (κ2) is 9.96. The van der Waals surface area contributed by atoms with Gasteiger partial charge in [0.1, 0.15) is 11.5 Å². The number of aromatic nitrogens is 1. The van der Waals surface area contributed by atoms with E-state index in [4.69, 9.17) is 47.0 Å². The Morgan fingerprint density at radius 2 is 1.33 bits per heavy atom. The average Bonchev–Trinajstić information content (AvgIpc) is 3.41. The molecule has 2 N–H and O–H groups in total. The van der Waals surface area contributed by atoms with E-state index in [1.54, 1.807) is 0 Å². The quantitative estimate of drug-likeness (QED) is 0.235. The number of halogens is 2. The number of ether oxygens (including phenoxy) is 4. The van der Waals surface area contributed by atoms with Crippen LogP contribution in [-0.4, -0.2) is 38.8 Å². The van der Waals surface area contributed by atoms with Crippen LogP contribution in [0.3, 0.4) is 0 Å². The predicted molar refractivity (Wildman–Crippen MR) is 146 cm³/mol. The van der Waals surface area contributed by atoms with Crippen molar-refractivity contribution in [2.75, 3.05) is 0 Å². The molecule has 0 atom stereocenters. The molecule has 12 nitrogen and oxygen atoms in total. The molecular weight excluding hydrogens is 609 g/mol. The number of nitrogens with zero attached hydrogens (tertiary/aromatic N) is 1. The lowest BCUT2D eigenvalue weighted by Crippen LogP contribution is -2.33. The largest absolute Gasteiger partial charge is 0.492 e. The molecule has 1 spiro atoms. The predicted octanol–water partition coefficient (Wildman–Crippen LogP) is 4.89. The van der Waals surface area contributed by atoms with Crippen LogP contribution >= 0.6 is 23.2 Å². The van der Waals surface area contributed by atoms with Gasteiger partial charge in [-0.25, -0.2) is 9.59 Å². The molecule has 0 saturated heterocycles. The fourth-order valence-electron chi connectivity index (χ4n) is 4.94. The third-order valence-electron chi connectivity index (χ3n) is 6.63. The van der Waals surface area contributed by atoms with Crippen LogP contribution in [0.5, 0.6) is 34.8 Å². The molecule has 6 rings (SSSR count). The highest BCUT2D eigenvalue weighted by molar-refractivity contribution is 6.33. The van der Waals surface area contributed by atoms with Crippen molar-refractivity contribution in [3.8, 4) is 34.8 Å². The Morgan fingerprint density at radius 3 is 1.84 bits per heavy atom. The molecule has 2 aliphatic heterocycles. The molecule has 0 unspecified atom stereocenters. The van der Waals surface area contributed by atoms with Gasteiger partial charge in [0.05, 0.1) is 21.2 Å². The van der Waals surface area contributed by atoms with Crippen molar-refractivity contribution in [2.24, 2.45) is 0 Å². The van der Waals surface area contributed by atoms with Crippen LogP contribution in [0.2, 0.25) is 10.0 Å². The Balaban J connectivity index is 1.58. The summed E-state index contributed by atoms with van der Waals surface area (Å²) < 4.78 is 23.1. The van der Waals surface area contributed by atoms with Gasteiger partial charge in [0.25, 0.3) is 0 Å². The lowest BCUT2D eigenvalue weighted by molar-refractivity contribution is -0.132. The first-order valence-electron chi connectivity index (χ1n) is 12.3. The summed E-state index contributed by atoms with van der Waals surface area (Å²) in [5, 5.41) is 19.7. The van der Waals surface area contributed by atoms with Crippen LogP contribution in [0.15, 0.2) is 54.6 Å². The second-order valence-corrected chi connectivity index (χ2v) is 10.2. The van der Waals surface area contributed by atoms with Gasteiger partial charge < -0.3 is 34.0 Å². The summed E-state index contributed by atoms with van der Waals surface area (Å²) in [7, 11) is 0. The first-order valence-corrected chi connectivity index (χ1v) is 13.1. The van der Waals surface area contributed by atoms with Gasteiger partial charge in [-0.2, -0.15) is 0 Å². The van der Waals surface area contributed by atoms with E-state index in [0.29, 0.717) is 4.73 Å². The zero-order chi connectivity index (χ0) is 30.8. The normalized spacial score (nSPS) is 13.7. The van der Waals surface area contributed by atoms with Crippen molar-refractivity contribution in [1.29, 1.82) is 0 Å². The summed E-state index contributed by atoms with van der Waals surface area (Å²) in [4.78, 5) is 55.0. The zero-order valence-electron chi connectivity index (χ0n) is 22.0. The maximum atomic E-state index is 13.3. The summed E-state index contributed by atoms with van der Waals surface area (Å²) in [6, 6.07) is 11.6. The van der Waals surface area contributed by atoms with E-state index < -0.39 is 41.2 Å². The third kappa shape index (κ3) is 4.47. The van der Waals surface area contributed by atoms with E-state index in [0.717, 1.165) is 12.1 Å². The molecule has 0 bridgehead atoms. The van der Waals surface area contributed by atoms with Crippen LogP contribution in [0.25, 0.3) is 0 Å². The SMILES string of the molecule is CC(=O)Oc1cc2c(cc1Cl)C1(OC(=O)c3ccc(C(=O)On4c(O)ccc4O)cc31)c1cc(Cl)c(OC(C)=O)cc1O2. The Hall–Kier alpha value is -5.20. The Morgan fingerprint density at radius 1 is 0.791 bits per heavy atom. The van der Waals surface area contributed by atoms with E-state index in [2.05, 4.69) is 0 Å². The van der Waals surface area contributed by atoms with E-state index in [1.807, 2.05) is 0 Å². The van der Waals surface area contributed by atoms with Crippen molar-refractivity contribution in [2.45, 2.75) is 19.4 Å². The minimum absolute atomic E-state index is 0.0263. The molecule has 0 amide bonds. The maximum Gasteiger partial charge on any atom is 0.363 e. The number of benzene rings is 3. The standard InChI is InChI=1S/C29H17Cl2NO11/c1-12(33)39-23-10-21-17(8-19(23)30)29(18-9-20(31)24(40-13(2)34)11-22(18)41-21)16-7-14(3-4-15(16)28(38)42-29)27(37)43-32-25(35)5-6-26(32)36/h3-11,35-36H,1-2H3. The molecule has 1 aromatic heterocycles. The second-order valence-electron chi connectivity index (χ2n) is 9.40. The average molecular weight is 626 g/mol. The molecule has 3 aromatic carbocycles. The number of esters is 3. The molecule has 0 radical (unpaired) electrons.